The predicted molar refractivity (Wildman–Crippen MR) is 88.3 cm³/mol. The summed E-state index contributed by atoms with van der Waals surface area (Å²) in [5.41, 5.74) is 2.79. The lowest BCUT2D eigenvalue weighted by Gasteiger charge is -2.32. The molecular formula is C20H15NO2. The van der Waals surface area contributed by atoms with Crippen LogP contribution in [-0.4, -0.2) is 11.0 Å². The Morgan fingerprint density at radius 1 is 0.739 bits per heavy atom. The zero-order valence-electron chi connectivity index (χ0n) is 12.4. The molecule has 1 unspecified atom stereocenters. The average Bonchev–Trinajstić information content (AvgIpc) is 2.91. The highest BCUT2D eigenvalue weighted by Gasteiger charge is 2.45. The van der Waals surface area contributed by atoms with Crippen LogP contribution in [0, 0.1) is 0 Å². The SMILES string of the molecule is O=C1NC(c2ccccc2)(c2ccc(O)cc2)c2ccccc21. The van der Waals surface area contributed by atoms with Gasteiger partial charge in [0.2, 0.25) is 0 Å². The molecule has 3 aromatic rings. The normalized spacial score (nSPS) is 19.2. The van der Waals surface area contributed by atoms with Crippen molar-refractivity contribution in [2.75, 3.05) is 0 Å². The Kier molecular flexibility index (Phi) is 2.95. The lowest BCUT2D eigenvalue weighted by atomic mass is 9.78. The average molecular weight is 301 g/mol. The van der Waals surface area contributed by atoms with Crippen LogP contribution in [0.25, 0.3) is 0 Å². The molecule has 0 saturated carbocycles. The molecule has 0 spiro atoms. The molecular weight excluding hydrogens is 286 g/mol. The molecule has 1 aliphatic rings. The van der Waals surface area contributed by atoms with Gasteiger partial charge in [-0.25, -0.2) is 0 Å². The van der Waals surface area contributed by atoms with E-state index in [0.29, 0.717) is 5.56 Å². The number of rotatable bonds is 2. The minimum atomic E-state index is -0.733. The highest BCUT2D eigenvalue weighted by molar-refractivity contribution is 6.01. The Morgan fingerprint density at radius 2 is 1.35 bits per heavy atom. The van der Waals surface area contributed by atoms with Crippen LogP contribution in [-0.2, 0) is 5.54 Å². The second-order valence-electron chi connectivity index (χ2n) is 5.66. The first-order valence-electron chi connectivity index (χ1n) is 7.49. The van der Waals surface area contributed by atoms with Crippen molar-refractivity contribution in [3.8, 4) is 5.75 Å². The third kappa shape index (κ3) is 1.94. The van der Waals surface area contributed by atoms with E-state index < -0.39 is 5.54 Å². The minimum absolute atomic E-state index is 0.0856. The number of nitrogens with one attached hydrogen (secondary N) is 1. The molecule has 3 nitrogen and oxygen atoms in total. The molecule has 112 valence electrons. The fraction of sp³-hybridized carbons (Fsp3) is 0.0500. The van der Waals surface area contributed by atoms with Crippen LogP contribution in [0.1, 0.15) is 27.0 Å². The lowest BCUT2D eigenvalue weighted by molar-refractivity contribution is 0.0948. The second kappa shape index (κ2) is 4.99. The van der Waals surface area contributed by atoms with E-state index >= 15 is 0 Å². The molecule has 0 saturated heterocycles. The van der Waals surface area contributed by atoms with Gasteiger partial charge in [-0.05, 0) is 34.9 Å². The number of amides is 1. The van der Waals surface area contributed by atoms with Crippen LogP contribution in [0.5, 0.6) is 5.75 Å². The molecule has 1 atom stereocenters. The highest BCUT2D eigenvalue weighted by atomic mass is 16.3. The first-order chi connectivity index (χ1) is 11.2. The number of carbonyl (C=O) groups excluding carboxylic acids is 1. The number of hydrogen-bond acceptors (Lipinski definition) is 2. The van der Waals surface area contributed by atoms with E-state index in [1.165, 1.54) is 0 Å². The van der Waals surface area contributed by atoms with Gasteiger partial charge in [0.15, 0.2) is 0 Å². The van der Waals surface area contributed by atoms with E-state index in [9.17, 15) is 9.90 Å². The molecule has 2 N–H and O–H groups in total. The molecule has 0 bridgehead atoms. The third-order valence-electron chi connectivity index (χ3n) is 4.38. The summed E-state index contributed by atoms with van der Waals surface area (Å²) in [5, 5.41) is 12.8. The number of fused-ring (bicyclic) bond motifs is 1. The topological polar surface area (TPSA) is 49.3 Å². The van der Waals surface area contributed by atoms with Gasteiger partial charge < -0.3 is 10.4 Å². The zero-order chi connectivity index (χ0) is 15.9. The molecule has 23 heavy (non-hydrogen) atoms. The Bertz CT molecular complexity index is 872. The number of carbonyl (C=O) groups is 1. The molecule has 4 rings (SSSR count). The zero-order valence-corrected chi connectivity index (χ0v) is 12.4. The maximum absolute atomic E-state index is 12.5. The van der Waals surface area contributed by atoms with Gasteiger partial charge >= 0.3 is 0 Å². The van der Waals surface area contributed by atoms with E-state index in [2.05, 4.69) is 5.32 Å². The van der Waals surface area contributed by atoms with E-state index in [1.54, 1.807) is 12.1 Å². The molecule has 1 heterocycles. The van der Waals surface area contributed by atoms with E-state index in [-0.39, 0.29) is 11.7 Å². The summed E-state index contributed by atoms with van der Waals surface area (Å²) in [5.74, 6) is 0.118. The van der Waals surface area contributed by atoms with Gasteiger partial charge in [0, 0.05) is 5.56 Å². The number of aromatic hydroxyl groups is 1. The van der Waals surface area contributed by atoms with Crippen LogP contribution in [0.4, 0.5) is 0 Å². The number of benzene rings is 3. The summed E-state index contributed by atoms with van der Waals surface area (Å²) < 4.78 is 0. The summed E-state index contributed by atoms with van der Waals surface area (Å²) in [4.78, 5) is 12.5. The first-order valence-corrected chi connectivity index (χ1v) is 7.49. The van der Waals surface area contributed by atoms with Crippen LogP contribution >= 0.6 is 0 Å². The quantitative estimate of drug-likeness (QED) is 0.762. The number of phenolic OH excluding ortho intramolecular Hbond substituents is 1. The second-order valence-corrected chi connectivity index (χ2v) is 5.66. The van der Waals surface area contributed by atoms with Crippen LogP contribution in [0.2, 0.25) is 0 Å². The van der Waals surface area contributed by atoms with Crippen molar-refractivity contribution in [2.24, 2.45) is 0 Å². The number of phenols is 1. The van der Waals surface area contributed by atoms with Crippen molar-refractivity contribution < 1.29 is 9.90 Å². The molecule has 3 heteroatoms. The maximum Gasteiger partial charge on any atom is 0.252 e. The summed E-state index contributed by atoms with van der Waals surface area (Å²) in [6, 6.07) is 24.5. The van der Waals surface area contributed by atoms with Gasteiger partial charge in [0.1, 0.15) is 11.3 Å². The molecule has 1 amide bonds. The summed E-state index contributed by atoms with van der Waals surface area (Å²) in [6.07, 6.45) is 0. The van der Waals surface area contributed by atoms with Crippen molar-refractivity contribution >= 4 is 5.91 Å². The Hall–Kier alpha value is -3.07. The minimum Gasteiger partial charge on any atom is -0.508 e. The standard InChI is InChI=1S/C20H15NO2/c22-16-12-10-15(11-13-16)20(14-6-2-1-3-7-14)18-9-5-4-8-17(18)19(23)21-20/h1-13,22H,(H,21,23). The van der Waals surface area contributed by atoms with Crippen LogP contribution in [0.3, 0.4) is 0 Å². The molecule has 3 aromatic carbocycles. The highest BCUT2D eigenvalue weighted by Crippen LogP contribution is 2.42. The van der Waals surface area contributed by atoms with Crippen molar-refractivity contribution in [2.45, 2.75) is 5.54 Å². The van der Waals surface area contributed by atoms with Crippen molar-refractivity contribution in [1.82, 2.24) is 5.32 Å². The van der Waals surface area contributed by atoms with Gasteiger partial charge in [-0.1, -0.05) is 60.7 Å². The van der Waals surface area contributed by atoms with Gasteiger partial charge in [0.05, 0.1) is 0 Å². The van der Waals surface area contributed by atoms with Crippen LogP contribution in [0.15, 0.2) is 78.9 Å². The Balaban J connectivity index is 2.04. The van der Waals surface area contributed by atoms with Gasteiger partial charge in [0.25, 0.3) is 5.91 Å². The van der Waals surface area contributed by atoms with E-state index in [1.807, 2.05) is 66.7 Å². The maximum atomic E-state index is 12.5. The Morgan fingerprint density at radius 3 is 2.09 bits per heavy atom. The van der Waals surface area contributed by atoms with Crippen molar-refractivity contribution in [3.05, 3.63) is 101 Å². The van der Waals surface area contributed by atoms with Gasteiger partial charge in [-0.2, -0.15) is 0 Å². The van der Waals surface area contributed by atoms with E-state index in [4.69, 9.17) is 0 Å². The van der Waals surface area contributed by atoms with Gasteiger partial charge in [-0.3, -0.25) is 4.79 Å². The summed E-state index contributed by atoms with van der Waals surface area (Å²) >= 11 is 0. The fourth-order valence-electron chi connectivity index (χ4n) is 3.33. The molecule has 0 radical (unpaired) electrons. The van der Waals surface area contributed by atoms with Crippen molar-refractivity contribution in [3.63, 3.8) is 0 Å². The first kappa shape index (κ1) is 13.6. The smallest absolute Gasteiger partial charge is 0.252 e. The van der Waals surface area contributed by atoms with Crippen molar-refractivity contribution in [1.29, 1.82) is 0 Å². The lowest BCUT2D eigenvalue weighted by Crippen LogP contribution is -2.41. The molecule has 0 fully saturated rings. The molecule has 0 aliphatic carbocycles. The molecule has 1 aliphatic heterocycles. The monoisotopic (exact) mass is 301 g/mol. The fourth-order valence-corrected chi connectivity index (χ4v) is 3.33. The summed E-state index contributed by atoms with van der Waals surface area (Å²) in [6.45, 7) is 0. The summed E-state index contributed by atoms with van der Waals surface area (Å²) in [7, 11) is 0. The van der Waals surface area contributed by atoms with Gasteiger partial charge in [-0.15, -0.1) is 0 Å². The largest absolute Gasteiger partial charge is 0.508 e. The van der Waals surface area contributed by atoms with Crippen LogP contribution < -0.4 is 5.32 Å². The predicted octanol–water partition coefficient (Wildman–Crippen LogP) is 3.43. The third-order valence-corrected chi connectivity index (χ3v) is 4.38. The van der Waals surface area contributed by atoms with E-state index in [0.717, 1.165) is 16.7 Å². The Labute approximate surface area is 134 Å². The molecule has 0 aromatic heterocycles. The number of hydrogen-bond donors (Lipinski definition) is 2.